The molecule has 0 radical (unpaired) electrons. The summed E-state index contributed by atoms with van der Waals surface area (Å²) in [6, 6.07) is 18.1. The van der Waals surface area contributed by atoms with Gasteiger partial charge in [0, 0.05) is 11.8 Å². The molecule has 0 aliphatic rings. The van der Waals surface area contributed by atoms with Gasteiger partial charge in [0.2, 0.25) is 0 Å². The second-order valence-corrected chi connectivity index (χ2v) is 5.47. The van der Waals surface area contributed by atoms with Gasteiger partial charge in [-0.15, -0.1) is 5.10 Å². The molecule has 0 aliphatic carbocycles. The zero-order valence-electron chi connectivity index (χ0n) is 12.2. The molecule has 114 valence electrons. The van der Waals surface area contributed by atoms with E-state index in [1.807, 2.05) is 42.5 Å². The maximum atomic E-state index is 6.20. The highest BCUT2D eigenvalue weighted by atomic mass is 35.5. The highest BCUT2D eigenvalue weighted by Crippen LogP contribution is 2.22. The van der Waals surface area contributed by atoms with Crippen molar-refractivity contribution in [1.29, 1.82) is 0 Å². The van der Waals surface area contributed by atoms with Crippen LogP contribution in [0.2, 0.25) is 5.15 Å². The summed E-state index contributed by atoms with van der Waals surface area (Å²) in [5.41, 5.74) is 2.07. The molecule has 0 unspecified atom stereocenters. The quantitative estimate of drug-likeness (QED) is 0.539. The molecular weight excluding hydrogens is 312 g/mol. The van der Waals surface area contributed by atoms with Crippen LogP contribution in [0.5, 0.6) is 6.01 Å². The van der Waals surface area contributed by atoms with Crippen molar-refractivity contribution < 1.29 is 4.74 Å². The SMILES string of the molecule is Clc1nc2nc(OCCc3ccccc3)nn2c2ccccc12. The lowest BCUT2D eigenvalue weighted by Gasteiger charge is -2.01. The Hall–Kier alpha value is -2.66. The molecular formula is C17H13ClN4O. The molecule has 0 aliphatic heterocycles. The summed E-state index contributed by atoms with van der Waals surface area (Å²) in [6.45, 7) is 0.507. The molecule has 0 atom stereocenters. The van der Waals surface area contributed by atoms with Crippen molar-refractivity contribution in [2.24, 2.45) is 0 Å². The molecule has 0 spiro atoms. The number of halogens is 1. The number of nitrogens with zero attached hydrogens (tertiary/aromatic N) is 4. The number of hydrogen-bond donors (Lipinski definition) is 0. The maximum absolute atomic E-state index is 6.20. The third-order valence-electron chi connectivity index (χ3n) is 3.59. The Morgan fingerprint density at radius 3 is 2.61 bits per heavy atom. The van der Waals surface area contributed by atoms with E-state index in [-0.39, 0.29) is 0 Å². The first-order valence-electron chi connectivity index (χ1n) is 7.29. The number of ether oxygens (including phenoxy) is 1. The summed E-state index contributed by atoms with van der Waals surface area (Å²) in [5.74, 6) is 0.434. The van der Waals surface area contributed by atoms with Crippen molar-refractivity contribution in [2.75, 3.05) is 6.61 Å². The molecule has 0 amide bonds. The predicted molar refractivity (Wildman–Crippen MR) is 88.9 cm³/mol. The maximum Gasteiger partial charge on any atom is 0.337 e. The minimum Gasteiger partial charge on any atom is -0.462 e. The Labute approximate surface area is 137 Å². The highest BCUT2D eigenvalue weighted by molar-refractivity contribution is 6.34. The van der Waals surface area contributed by atoms with Crippen LogP contribution in [0.3, 0.4) is 0 Å². The number of hydrogen-bond acceptors (Lipinski definition) is 4. The fourth-order valence-electron chi connectivity index (χ4n) is 2.47. The van der Waals surface area contributed by atoms with Crippen LogP contribution < -0.4 is 4.74 Å². The normalized spacial score (nSPS) is 11.2. The van der Waals surface area contributed by atoms with E-state index in [4.69, 9.17) is 16.3 Å². The largest absolute Gasteiger partial charge is 0.462 e. The first-order chi connectivity index (χ1) is 11.3. The lowest BCUT2D eigenvalue weighted by Crippen LogP contribution is -2.02. The Kier molecular flexibility index (Phi) is 3.55. The number of para-hydroxylation sites is 1. The zero-order valence-corrected chi connectivity index (χ0v) is 12.9. The monoisotopic (exact) mass is 324 g/mol. The first kappa shape index (κ1) is 14.0. The summed E-state index contributed by atoms with van der Waals surface area (Å²) in [6.07, 6.45) is 0.797. The van der Waals surface area contributed by atoms with E-state index < -0.39 is 0 Å². The lowest BCUT2D eigenvalue weighted by molar-refractivity contribution is 0.297. The van der Waals surface area contributed by atoms with Crippen molar-refractivity contribution >= 4 is 28.3 Å². The molecule has 2 aromatic carbocycles. The predicted octanol–water partition coefficient (Wildman–Crippen LogP) is 3.55. The fraction of sp³-hybridized carbons (Fsp3) is 0.118. The Balaban J connectivity index is 1.60. The second kappa shape index (κ2) is 5.85. The van der Waals surface area contributed by atoms with Gasteiger partial charge in [-0.3, -0.25) is 0 Å². The van der Waals surface area contributed by atoms with Crippen molar-refractivity contribution in [3.8, 4) is 6.01 Å². The fourth-order valence-corrected chi connectivity index (χ4v) is 2.70. The van der Waals surface area contributed by atoms with E-state index in [9.17, 15) is 0 Å². The van der Waals surface area contributed by atoms with E-state index in [1.165, 1.54) is 5.56 Å². The standard InChI is InChI=1S/C17H13ClN4O/c18-15-13-8-4-5-9-14(13)22-16(19-15)20-17(21-22)23-11-10-12-6-2-1-3-7-12/h1-9H,10-11H2. The van der Waals surface area contributed by atoms with Crippen molar-refractivity contribution in [3.05, 3.63) is 65.3 Å². The average molecular weight is 325 g/mol. The van der Waals surface area contributed by atoms with Crippen molar-refractivity contribution in [3.63, 3.8) is 0 Å². The van der Waals surface area contributed by atoms with Gasteiger partial charge in [-0.05, 0) is 17.7 Å². The van der Waals surface area contributed by atoms with Gasteiger partial charge in [0.15, 0.2) is 0 Å². The van der Waals surface area contributed by atoms with Crippen LogP contribution in [0.25, 0.3) is 16.7 Å². The molecule has 23 heavy (non-hydrogen) atoms. The molecule has 2 heterocycles. The summed E-state index contributed by atoms with van der Waals surface area (Å²) in [5, 5.41) is 5.62. The van der Waals surface area contributed by atoms with Gasteiger partial charge < -0.3 is 4.74 Å². The first-order valence-corrected chi connectivity index (χ1v) is 7.67. The van der Waals surface area contributed by atoms with Gasteiger partial charge in [0.05, 0.1) is 12.1 Å². The van der Waals surface area contributed by atoms with E-state index >= 15 is 0 Å². The lowest BCUT2D eigenvalue weighted by atomic mass is 10.2. The van der Waals surface area contributed by atoms with Gasteiger partial charge >= 0.3 is 6.01 Å². The topological polar surface area (TPSA) is 52.3 Å². The van der Waals surface area contributed by atoms with Crippen LogP contribution in [0.1, 0.15) is 5.56 Å². The van der Waals surface area contributed by atoms with Crippen LogP contribution >= 0.6 is 11.6 Å². The second-order valence-electron chi connectivity index (χ2n) is 5.11. The van der Waals surface area contributed by atoms with Crippen LogP contribution in [-0.4, -0.2) is 26.2 Å². The molecule has 0 saturated carbocycles. The minimum atomic E-state index is 0.306. The van der Waals surface area contributed by atoms with Gasteiger partial charge in [0.25, 0.3) is 5.78 Å². The minimum absolute atomic E-state index is 0.306. The zero-order chi connectivity index (χ0) is 15.6. The summed E-state index contributed by atoms with van der Waals surface area (Å²) in [7, 11) is 0. The van der Waals surface area contributed by atoms with Crippen molar-refractivity contribution in [2.45, 2.75) is 6.42 Å². The smallest absolute Gasteiger partial charge is 0.337 e. The number of benzene rings is 2. The number of fused-ring (bicyclic) bond motifs is 3. The summed E-state index contributed by atoms with van der Waals surface area (Å²) >= 11 is 6.20. The summed E-state index contributed by atoms with van der Waals surface area (Å²) in [4.78, 5) is 8.55. The van der Waals surface area contributed by atoms with E-state index in [0.29, 0.717) is 23.5 Å². The number of aromatic nitrogens is 4. The van der Waals surface area contributed by atoms with Crippen molar-refractivity contribution in [1.82, 2.24) is 19.6 Å². The van der Waals surface area contributed by atoms with Gasteiger partial charge in [-0.1, -0.05) is 54.1 Å². The third kappa shape index (κ3) is 2.71. The highest BCUT2D eigenvalue weighted by Gasteiger charge is 2.11. The molecule has 0 bridgehead atoms. The molecule has 5 nitrogen and oxygen atoms in total. The molecule has 0 saturated heterocycles. The Morgan fingerprint density at radius 1 is 0.957 bits per heavy atom. The van der Waals surface area contributed by atoms with Gasteiger partial charge in [-0.2, -0.15) is 14.5 Å². The third-order valence-corrected chi connectivity index (χ3v) is 3.88. The van der Waals surface area contributed by atoms with E-state index in [0.717, 1.165) is 17.3 Å². The Bertz CT molecular complexity index is 968. The van der Waals surface area contributed by atoms with Crippen LogP contribution in [0, 0.1) is 0 Å². The average Bonchev–Trinajstić information content (AvgIpc) is 2.99. The molecule has 2 aromatic heterocycles. The number of rotatable bonds is 4. The van der Waals surface area contributed by atoms with Gasteiger partial charge in [0.1, 0.15) is 5.15 Å². The van der Waals surface area contributed by atoms with E-state index in [2.05, 4.69) is 27.2 Å². The van der Waals surface area contributed by atoms with E-state index in [1.54, 1.807) is 4.52 Å². The van der Waals surface area contributed by atoms with Gasteiger partial charge in [-0.25, -0.2) is 0 Å². The Morgan fingerprint density at radius 2 is 1.74 bits per heavy atom. The van der Waals surface area contributed by atoms with Crippen LogP contribution in [0.4, 0.5) is 0 Å². The molecule has 6 heteroatoms. The summed E-state index contributed by atoms with van der Waals surface area (Å²) < 4.78 is 7.31. The molecule has 0 N–H and O–H groups in total. The molecule has 0 fully saturated rings. The van der Waals surface area contributed by atoms with Crippen LogP contribution in [0.15, 0.2) is 54.6 Å². The molecule has 4 aromatic rings. The molecule has 4 rings (SSSR count). The van der Waals surface area contributed by atoms with Crippen LogP contribution in [-0.2, 0) is 6.42 Å².